The molecule has 0 fully saturated rings. The van der Waals surface area contributed by atoms with Crippen molar-refractivity contribution in [3.8, 4) is 40.2 Å². The number of hydrogen-bond donors (Lipinski definition) is 0. The highest BCUT2D eigenvalue weighted by Gasteiger charge is 2.21. The highest BCUT2D eigenvalue weighted by molar-refractivity contribution is 6.09. The van der Waals surface area contributed by atoms with Crippen LogP contribution in [0.1, 0.15) is 23.4 Å². The molecule has 7 nitrogen and oxygen atoms in total. The minimum absolute atomic E-state index is 0.337. The molecule has 0 bridgehead atoms. The summed E-state index contributed by atoms with van der Waals surface area (Å²) in [7, 11) is 0. The molecule has 4 aromatic carbocycles. The first kappa shape index (κ1) is 28.6. The number of hydrogen-bond acceptors (Lipinski definition) is 4. The van der Waals surface area contributed by atoms with Crippen molar-refractivity contribution in [3.05, 3.63) is 144 Å². The lowest BCUT2D eigenvalue weighted by atomic mass is 9.99. The Bertz CT molecular complexity index is 2280. The second-order valence-electron chi connectivity index (χ2n) is 11.2. The fraction of sp³-hybridized carbons (Fsp3) is 0.128. The lowest BCUT2D eigenvalue weighted by molar-refractivity contribution is 0.482. The zero-order valence-electron chi connectivity index (χ0n) is 25.4. The molecule has 3 aromatic heterocycles. The third-order valence-corrected chi connectivity index (χ3v) is 8.12. The van der Waals surface area contributed by atoms with E-state index < -0.39 is 0 Å². The Labute approximate surface area is 267 Å². The fourth-order valence-electron chi connectivity index (χ4n) is 6.12. The van der Waals surface area contributed by atoms with Gasteiger partial charge in [0.15, 0.2) is 0 Å². The highest BCUT2D eigenvalue weighted by Crippen LogP contribution is 2.36. The van der Waals surface area contributed by atoms with Crippen LogP contribution in [0.25, 0.3) is 49.3 Å². The maximum absolute atomic E-state index is 9.36. The molecule has 46 heavy (non-hydrogen) atoms. The standard InChI is InChI=1S/C39H30N6O/c1-27-19-23-42-38(24-27)44-35-16-7-6-14-32(35)33-18-17-31(26-37(33)44)46-30-13-8-12-29(25-30)45-36(20-22-41-2)39(28-10-4-3-5-11-28)34(43-45)15-9-21-40/h3-8,10-14,16-19,23-26H,9,15,20,22H2,1H3. The molecule has 0 unspecified atom stereocenters. The molecule has 7 aromatic rings. The predicted octanol–water partition coefficient (Wildman–Crippen LogP) is 9.05. The maximum Gasteiger partial charge on any atom is 0.220 e. The summed E-state index contributed by atoms with van der Waals surface area (Å²) in [4.78, 5) is 8.34. The van der Waals surface area contributed by atoms with Crippen molar-refractivity contribution in [2.24, 2.45) is 0 Å². The van der Waals surface area contributed by atoms with Gasteiger partial charge < -0.3 is 9.58 Å². The molecule has 0 atom stereocenters. The lowest BCUT2D eigenvalue weighted by Crippen LogP contribution is -2.04. The Morgan fingerprint density at radius 1 is 0.826 bits per heavy atom. The van der Waals surface area contributed by atoms with Gasteiger partial charge in [-0.05, 0) is 60.5 Å². The number of nitriles is 1. The summed E-state index contributed by atoms with van der Waals surface area (Å²) in [5, 5.41) is 16.6. The largest absolute Gasteiger partial charge is 0.457 e. The van der Waals surface area contributed by atoms with Crippen LogP contribution in [0.15, 0.2) is 115 Å². The molecule has 0 amide bonds. The van der Waals surface area contributed by atoms with E-state index in [1.807, 2.05) is 71.5 Å². The third kappa shape index (κ3) is 5.36. The number of benzene rings is 4. The van der Waals surface area contributed by atoms with E-state index in [2.05, 4.69) is 70.9 Å². The van der Waals surface area contributed by atoms with Crippen LogP contribution in [0.4, 0.5) is 0 Å². The Kier molecular flexibility index (Phi) is 7.73. The molecule has 222 valence electrons. The molecule has 3 heterocycles. The number of rotatable bonds is 9. The van der Waals surface area contributed by atoms with Gasteiger partial charge in [0.2, 0.25) is 6.54 Å². The summed E-state index contributed by atoms with van der Waals surface area (Å²) in [5.41, 5.74) is 7.89. The summed E-state index contributed by atoms with van der Waals surface area (Å²) in [6.45, 7) is 9.89. The van der Waals surface area contributed by atoms with Gasteiger partial charge in [0.1, 0.15) is 17.3 Å². The molecular formula is C39H30N6O. The fourth-order valence-corrected chi connectivity index (χ4v) is 6.12. The Hall–Kier alpha value is -6.18. The average molecular weight is 599 g/mol. The molecule has 0 aliphatic heterocycles. The Balaban J connectivity index is 1.31. The molecular weight excluding hydrogens is 568 g/mol. The van der Waals surface area contributed by atoms with Gasteiger partial charge in [-0.2, -0.15) is 10.4 Å². The van der Waals surface area contributed by atoms with E-state index in [1.165, 1.54) is 0 Å². The number of aryl methyl sites for hydroxylation is 2. The number of para-hydroxylation sites is 1. The quantitative estimate of drug-likeness (QED) is 0.155. The SMILES string of the molecule is [C-]#[N+]CCc1c(-c2ccccc2)c(CCC#N)nn1-c1cccc(Oc2ccc3c4ccccc4n(-c4cc(C)ccn4)c3c2)c1. The second kappa shape index (κ2) is 12.4. The summed E-state index contributed by atoms with van der Waals surface area (Å²) < 4.78 is 10.6. The second-order valence-corrected chi connectivity index (χ2v) is 11.2. The minimum Gasteiger partial charge on any atom is -0.457 e. The van der Waals surface area contributed by atoms with E-state index in [4.69, 9.17) is 21.4 Å². The first-order valence-corrected chi connectivity index (χ1v) is 15.3. The average Bonchev–Trinajstić information content (AvgIpc) is 3.62. The van der Waals surface area contributed by atoms with Crippen LogP contribution in [0.3, 0.4) is 0 Å². The third-order valence-electron chi connectivity index (χ3n) is 8.12. The Morgan fingerprint density at radius 2 is 1.63 bits per heavy atom. The molecule has 7 heteroatoms. The monoisotopic (exact) mass is 598 g/mol. The van der Waals surface area contributed by atoms with E-state index in [-0.39, 0.29) is 0 Å². The summed E-state index contributed by atoms with van der Waals surface area (Å²) in [6.07, 6.45) is 3.26. The van der Waals surface area contributed by atoms with Crippen LogP contribution >= 0.6 is 0 Å². The van der Waals surface area contributed by atoms with Crippen molar-refractivity contribution < 1.29 is 4.74 Å². The van der Waals surface area contributed by atoms with Crippen LogP contribution in [0.2, 0.25) is 0 Å². The summed E-state index contributed by atoms with van der Waals surface area (Å²) in [6, 6.07) is 38.8. The molecule has 7 rings (SSSR count). The maximum atomic E-state index is 9.36. The van der Waals surface area contributed by atoms with Crippen molar-refractivity contribution in [2.45, 2.75) is 26.2 Å². The molecule has 0 spiro atoms. The van der Waals surface area contributed by atoms with Crippen molar-refractivity contribution in [2.75, 3.05) is 6.54 Å². The summed E-state index contributed by atoms with van der Waals surface area (Å²) >= 11 is 0. The molecule has 0 radical (unpaired) electrons. The number of fused-ring (bicyclic) bond motifs is 3. The zero-order valence-corrected chi connectivity index (χ0v) is 25.4. The number of nitrogens with zero attached hydrogens (tertiary/aromatic N) is 6. The first-order chi connectivity index (χ1) is 22.6. The predicted molar refractivity (Wildman–Crippen MR) is 181 cm³/mol. The smallest absolute Gasteiger partial charge is 0.220 e. The van der Waals surface area contributed by atoms with Gasteiger partial charge in [-0.25, -0.2) is 16.2 Å². The van der Waals surface area contributed by atoms with Gasteiger partial charge in [0.05, 0.1) is 40.6 Å². The van der Waals surface area contributed by atoms with E-state index in [1.54, 1.807) is 0 Å². The number of ether oxygens (including phenoxy) is 1. The molecule has 0 saturated carbocycles. The van der Waals surface area contributed by atoms with Gasteiger partial charge in [-0.3, -0.25) is 4.57 Å². The van der Waals surface area contributed by atoms with Crippen molar-refractivity contribution in [3.63, 3.8) is 0 Å². The van der Waals surface area contributed by atoms with Gasteiger partial charge >= 0.3 is 0 Å². The topological polar surface area (TPSA) is 73.0 Å². The number of aromatic nitrogens is 4. The van der Waals surface area contributed by atoms with Crippen LogP contribution in [-0.4, -0.2) is 25.9 Å². The first-order valence-electron chi connectivity index (χ1n) is 15.3. The van der Waals surface area contributed by atoms with E-state index in [9.17, 15) is 5.26 Å². The van der Waals surface area contributed by atoms with Crippen LogP contribution in [-0.2, 0) is 12.8 Å². The normalized spacial score (nSPS) is 11.0. The molecule has 0 N–H and O–H groups in total. The minimum atomic E-state index is 0.337. The van der Waals surface area contributed by atoms with E-state index in [0.717, 1.165) is 61.4 Å². The van der Waals surface area contributed by atoms with Gasteiger partial charge in [0, 0.05) is 47.5 Å². The lowest BCUT2D eigenvalue weighted by Gasteiger charge is -2.12. The van der Waals surface area contributed by atoms with E-state index >= 15 is 0 Å². The Morgan fingerprint density at radius 3 is 2.46 bits per heavy atom. The van der Waals surface area contributed by atoms with Crippen LogP contribution in [0, 0.1) is 24.8 Å². The molecule has 0 aliphatic rings. The van der Waals surface area contributed by atoms with Crippen LogP contribution in [0.5, 0.6) is 11.5 Å². The van der Waals surface area contributed by atoms with Crippen molar-refractivity contribution >= 4 is 21.8 Å². The van der Waals surface area contributed by atoms with Gasteiger partial charge in [-0.15, -0.1) is 0 Å². The highest BCUT2D eigenvalue weighted by atomic mass is 16.5. The molecule has 0 saturated heterocycles. The zero-order chi connectivity index (χ0) is 31.5. The van der Waals surface area contributed by atoms with Crippen molar-refractivity contribution in [1.82, 2.24) is 19.3 Å². The van der Waals surface area contributed by atoms with Crippen molar-refractivity contribution in [1.29, 1.82) is 5.26 Å². The summed E-state index contributed by atoms with van der Waals surface area (Å²) in [5.74, 6) is 2.23. The van der Waals surface area contributed by atoms with Gasteiger partial charge in [0.25, 0.3) is 0 Å². The number of pyridine rings is 1. The van der Waals surface area contributed by atoms with Gasteiger partial charge in [-0.1, -0.05) is 54.6 Å². The molecule has 0 aliphatic carbocycles. The van der Waals surface area contributed by atoms with E-state index in [0.29, 0.717) is 37.3 Å². The van der Waals surface area contributed by atoms with Crippen LogP contribution < -0.4 is 4.74 Å².